The van der Waals surface area contributed by atoms with Crippen molar-refractivity contribution >= 4 is 17.6 Å². The summed E-state index contributed by atoms with van der Waals surface area (Å²) in [4.78, 5) is 6.52. The van der Waals surface area contributed by atoms with Crippen LogP contribution in [-0.4, -0.2) is 49.8 Å². The molecule has 2 rings (SSSR count). The van der Waals surface area contributed by atoms with Crippen LogP contribution in [0.5, 0.6) is 0 Å². The van der Waals surface area contributed by atoms with Gasteiger partial charge in [-0.2, -0.15) is 0 Å². The number of rotatable bonds is 5. The van der Waals surface area contributed by atoms with E-state index in [2.05, 4.69) is 22.2 Å². The number of nitrogens with one attached hydrogen (secondary N) is 1. The molecule has 0 saturated carbocycles. The van der Waals surface area contributed by atoms with Crippen LogP contribution in [0.1, 0.15) is 18.4 Å². The van der Waals surface area contributed by atoms with Gasteiger partial charge in [-0.1, -0.05) is 12.2 Å². The number of ether oxygens (including phenoxy) is 1. The number of methoxy groups -OCH3 is 1. The standard InChI is InChI=1S/C15H24N4O/c1-19-7-5-13(6-8-19)18-14-10-15(16)17-11-12(14)4-3-9-20-2/h3-4,10-11,13H,5-9H2,1-2H3,(H3,16,17,18). The molecule has 110 valence electrons. The fourth-order valence-electron chi connectivity index (χ4n) is 2.38. The van der Waals surface area contributed by atoms with Gasteiger partial charge >= 0.3 is 0 Å². The van der Waals surface area contributed by atoms with Crippen molar-refractivity contribution in [2.75, 3.05) is 44.9 Å². The smallest absolute Gasteiger partial charge is 0.125 e. The molecule has 0 atom stereocenters. The van der Waals surface area contributed by atoms with Gasteiger partial charge < -0.3 is 20.7 Å². The second-order valence-corrected chi connectivity index (χ2v) is 5.28. The van der Waals surface area contributed by atoms with Gasteiger partial charge in [-0.3, -0.25) is 0 Å². The first-order valence-electron chi connectivity index (χ1n) is 7.05. The molecular formula is C15H24N4O. The molecule has 5 nitrogen and oxygen atoms in total. The Labute approximate surface area is 120 Å². The molecule has 1 aromatic rings. The van der Waals surface area contributed by atoms with Gasteiger partial charge in [0.25, 0.3) is 0 Å². The minimum absolute atomic E-state index is 0.502. The summed E-state index contributed by atoms with van der Waals surface area (Å²) in [7, 11) is 3.85. The molecule has 5 heteroatoms. The van der Waals surface area contributed by atoms with Crippen molar-refractivity contribution in [2.24, 2.45) is 0 Å². The molecule has 0 aliphatic carbocycles. The third-order valence-corrected chi connectivity index (χ3v) is 3.59. The zero-order valence-electron chi connectivity index (χ0n) is 12.3. The van der Waals surface area contributed by atoms with E-state index in [1.54, 1.807) is 13.3 Å². The van der Waals surface area contributed by atoms with Crippen molar-refractivity contribution in [3.63, 3.8) is 0 Å². The fourth-order valence-corrected chi connectivity index (χ4v) is 2.38. The van der Waals surface area contributed by atoms with Crippen molar-refractivity contribution in [1.29, 1.82) is 0 Å². The Bertz CT molecular complexity index is 453. The van der Waals surface area contributed by atoms with E-state index in [0.29, 0.717) is 18.5 Å². The number of aromatic nitrogens is 1. The van der Waals surface area contributed by atoms with Crippen molar-refractivity contribution in [1.82, 2.24) is 9.88 Å². The first-order chi connectivity index (χ1) is 9.69. The summed E-state index contributed by atoms with van der Waals surface area (Å²) in [6, 6.07) is 2.41. The van der Waals surface area contributed by atoms with Crippen LogP contribution in [-0.2, 0) is 4.74 Å². The molecule has 0 unspecified atom stereocenters. The number of anilines is 2. The molecule has 0 amide bonds. The van der Waals surface area contributed by atoms with Crippen LogP contribution in [0.4, 0.5) is 11.5 Å². The summed E-state index contributed by atoms with van der Waals surface area (Å²) in [6.45, 7) is 2.86. The predicted octanol–water partition coefficient (Wildman–Crippen LogP) is 1.83. The number of nitrogens with zero attached hydrogens (tertiary/aromatic N) is 2. The number of nitrogens with two attached hydrogens (primary N) is 1. The Kier molecular flexibility index (Phi) is 5.38. The van der Waals surface area contributed by atoms with E-state index in [-0.39, 0.29) is 0 Å². The van der Waals surface area contributed by atoms with Crippen LogP contribution >= 0.6 is 0 Å². The fraction of sp³-hybridized carbons (Fsp3) is 0.533. The summed E-state index contributed by atoms with van der Waals surface area (Å²) in [5.74, 6) is 0.546. The van der Waals surface area contributed by atoms with Crippen molar-refractivity contribution in [3.8, 4) is 0 Å². The van der Waals surface area contributed by atoms with Crippen LogP contribution < -0.4 is 11.1 Å². The summed E-state index contributed by atoms with van der Waals surface area (Å²) in [5, 5.41) is 3.60. The lowest BCUT2D eigenvalue weighted by Gasteiger charge is -2.30. The van der Waals surface area contributed by atoms with Crippen molar-refractivity contribution in [3.05, 3.63) is 23.9 Å². The summed E-state index contributed by atoms with van der Waals surface area (Å²) in [6.07, 6.45) is 8.11. The quantitative estimate of drug-likeness (QED) is 0.859. The largest absolute Gasteiger partial charge is 0.384 e. The second-order valence-electron chi connectivity index (χ2n) is 5.28. The maximum atomic E-state index is 5.80. The zero-order valence-corrected chi connectivity index (χ0v) is 12.3. The second kappa shape index (κ2) is 7.26. The molecule has 3 N–H and O–H groups in total. The Morgan fingerprint density at radius 2 is 2.25 bits per heavy atom. The van der Waals surface area contributed by atoms with E-state index in [4.69, 9.17) is 10.5 Å². The maximum absolute atomic E-state index is 5.80. The van der Waals surface area contributed by atoms with Crippen LogP contribution in [0.15, 0.2) is 18.3 Å². The highest BCUT2D eigenvalue weighted by Crippen LogP contribution is 2.22. The van der Waals surface area contributed by atoms with Gasteiger partial charge in [0.1, 0.15) is 5.82 Å². The number of likely N-dealkylation sites (tertiary alicyclic amines) is 1. The highest BCUT2D eigenvalue weighted by Gasteiger charge is 2.17. The van der Waals surface area contributed by atoms with Crippen LogP contribution in [0, 0.1) is 0 Å². The summed E-state index contributed by atoms with van der Waals surface area (Å²) in [5.41, 5.74) is 7.91. The molecule has 0 radical (unpaired) electrons. The normalized spacial score (nSPS) is 17.7. The van der Waals surface area contributed by atoms with E-state index in [1.165, 1.54) is 0 Å². The number of hydrogen-bond acceptors (Lipinski definition) is 5. The SMILES string of the molecule is COCC=Cc1cnc(N)cc1NC1CCN(C)CC1. The number of hydrogen-bond donors (Lipinski definition) is 2. The van der Waals surface area contributed by atoms with Gasteiger partial charge in [-0.25, -0.2) is 4.98 Å². The number of pyridine rings is 1. The third-order valence-electron chi connectivity index (χ3n) is 3.59. The molecule has 0 bridgehead atoms. The van der Waals surface area contributed by atoms with Crippen LogP contribution in [0.3, 0.4) is 0 Å². The van der Waals surface area contributed by atoms with Gasteiger partial charge in [0.05, 0.1) is 6.61 Å². The van der Waals surface area contributed by atoms with E-state index in [1.807, 2.05) is 18.2 Å². The molecule has 1 aliphatic rings. The predicted molar refractivity (Wildman–Crippen MR) is 83.7 cm³/mol. The minimum atomic E-state index is 0.502. The molecule has 1 fully saturated rings. The monoisotopic (exact) mass is 276 g/mol. The molecule has 1 saturated heterocycles. The average Bonchev–Trinajstić information content (AvgIpc) is 2.44. The van der Waals surface area contributed by atoms with Gasteiger partial charge in [-0.05, 0) is 33.0 Å². The first-order valence-corrected chi connectivity index (χ1v) is 7.05. The topological polar surface area (TPSA) is 63.4 Å². The van der Waals surface area contributed by atoms with Gasteiger partial charge in [0.2, 0.25) is 0 Å². The molecule has 1 aliphatic heterocycles. The van der Waals surface area contributed by atoms with E-state index >= 15 is 0 Å². The Balaban J connectivity index is 2.06. The lowest BCUT2D eigenvalue weighted by molar-refractivity contribution is 0.234. The molecule has 20 heavy (non-hydrogen) atoms. The van der Waals surface area contributed by atoms with E-state index in [9.17, 15) is 0 Å². The lowest BCUT2D eigenvalue weighted by Crippen LogP contribution is -2.36. The minimum Gasteiger partial charge on any atom is -0.384 e. The Hall–Kier alpha value is -1.59. The van der Waals surface area contributed by atoms with Crippen LogP contribution in [0.25, 0.3) is 6.08 Å². The molecule has 0 spiro atoms. The lowest BCUT2D eigenvalue weighted by atomic mass is 10.0. The van der Waals surface area contributed by atoms with E-state index in [0.717, 1.165) is 37.2 Å². The Morgan fingerprint density at radius 3 is 2.95 bits per heavy atom. The van der Waals surface area contributed by atoms with Gasteiger partial charge in [0, 0.05) is 36.7 Å². The van der Waals surface area contributed by atoms with Crippen molar-refractivity contribution in [2.45, 2.75) is 18.9 Å². The van der Waals surface area contributed by atoms with Crippen molar-refractivity contribution < 1.29 is 4.74 Å². The maximum Gasteiger partial charge on any atom is 0.125 e. The van der Waals surface area contributed by atoms with Crippen LogP contribution in [0.2, 0.25) is 0 Å². The highest BCUT2D eigenvalue weighted by molar-refractivity contribution is 5.68. The first kappa shape index (κ1) is 14.8. The molecule has 0 aromatic carbocycles. The van der Waals surface area contributed by atoms with Gasteiger partial charge in [0.15, 0.2) is 0 Å². The molecular weight excluding hydrogens is 252 g/mol. The van der Waals surface area contributed by atoms with E-state index < -0.39 is 0 Å². The molecule has 2 heterocycles. The number of nitrogen functional groups attached to an aromatic ring is 1. The summed E-state index contributed by atoms with van der Waals surface area (Å²) < 4.78 is 5.03. The average molecular weight is 276 g/mol. The van der Waals surface area contributed by atoms with Gasteiger partial charge in [-0.15, -0.1) is 0 Å². The zero-order chi connectivity index (χ0) is 14.4. The molecule has 1 aromatic heterocycles. The number of piperidine rings is 1. The Morgan fingerprint density at radius 1 is 1.50 bits per heavy atom. The third kappa shape index (κ3) is 4.21. The highest BCUT2D eigenvalue weighted by atomic mass is 16.5. The summed E-state index contributed by atoms with van der Waals surface area (Å²) >= 11 is 0.